The molecule has 0 saturated carbocycles. The Balaban J connectivity index is 2.74. The van der Waals surface area contributed by atoms with Gasteiger partial charge >= 0.3 is 0 Å². The van der Waals surface area contributed by atoms with Gasteiger partial charge in [0.1, 0.15) is 11.5 Å². The Labute approximate surface area is 115 Å². The van der Waals surface area contributed by atoms with Crippen molar-refractivity contribution in [1.29, 1.82) is 0 Å². The first kappa shape index (κ1) is 15.5. The Morgan fingerprint density at radius 2 is 2.11 bits per heavy atom. The summed E-state index contributed by atoms with van der Waals surface area (Å²) in [6.45, 7) is 6.21. The monoisotopic (exact) mass is 265 g/mol. The lowest BCUT2D eigenvalue weighted by Gasteiger charge is -2.19. The van der Waals surface area contributed by atoms with Gasteiger partial charge in [-0.2, -0.15) is 0 Å². The Hall–Kier alpha value is -1.52. The summed E-state index contributed by atoms with van der Waals surface area (Å²) in [5.74, 6) is 1.36. The number of hydrogen-bond donors (Lipinski definition) is 2. The van der Waals surface area contributed by atoms with Crippen LogP contribution in [0.25, 0.3) is 0 Å². The van der Waals surface area contributed by atoms with Crippen LogP contribution in [0.1, 0.15) is 25.0 Å². The number of hydrogen-bond acceptors (Lipinski definition) is 4. The maximum atomic E-state index is 10.2. The molecule has 2 unspecified atom stereocenters. The van der Waals surface area contributed by atoms with Gasteiger partial charge in [0.15, 0.2) is 0 Å². The van der Waals surface area contributed by atoms with Crippen LogP contribution in [-0.4, -0.2) is 31.9 Å². The van der Waals surface area contributed by atoms with Gasteiger partial charge in [-0.05, 0) is 31.5 Å². The van der Waals surface area contributed by atoms with Crippen LogP contribution in [0.5, 0.6) is 11.5 Å². The van der Waals surface area contributed by atoms with E-state index in [2.05, 4.69) is 18.8 Å². The van der Waals surface area contributed by atoms with Crippen molar-refractivity contribution in [1.82, 2.24) is 5.32 Å². The normalized spacial score (nSPS) is 13.7. The van der Waals surface area contributed by atoms with E-state index in [-0.39, 0.29) is 6.04 Å². The van der Waals surface area contributed by atoms with Crippen LogP contribution in [-0.2, 0) is 0 Å². The van der Waals surface area contributed by atoms with Crippen molar-refractivity contribution in [2.45, 2.75) is 25.5 Å². The summed E-state index contributed by atoms with van der Waals surface area (Å²) in [6.07, 6.45) is 2.08. The van der Waals surface area contributed by atoms with Gasteiger partial charge in [0.05, 0.1) is 20.3 Å². The number of rotatable bonds is 8. The average molecular weight is 265 g/mol. The first-order valence-electron chi connectivity index (χ1n) is 6.36. The lowest BCUT2D eigenvalue weighted by molar-refractivity contribution is 0.166. The third-order valence-corrected chi connectivity index (χ3v) is 2.98. The molecule has 0 aromatic heterocycles. The van der Waals surface area contributed by atoms with E-state index in [0.717, 1.165) is 12.0 Å². The minimum Gasteiger partial charge on any atom is -0.497 e. The number of aliphatic hydroxyl groups is 1. The van der Waals surface area contributed by atoms with E-state index in [1.807, 2.05) is 12.1 Å². The molecule has 2 N–H and O–H groups in total. The molecule has 0 radical (unpaired) electrons. The smallest absolute Gasteiger partial charge is 0.124 e. The van der Waals surface area contributed by atoms with Crippen LogP contribution >= 0.6 is 0 Å². The Kier molecular flexibility index (Phi) is 6.39. The number of benzene rings is 1. The second-order valence-electron chi connectivity index (χ2n) is 4.46. The molecule has 0 fully saturated rings. The lowest BCUT2D eigenvalue weighted by atomic mass is 10.1. The highest BCUT2D eigenvalue weighted by Gasteiger charge is 2.15. The Morgan fingerprint density at radius 3 is 2.68 bits per heavy atom. The minimum atomic E-state index is -0.641. The van der Waals surface area contributed by atoms with Crippen molar-refractivity contribution in [3.8, 4) is 11.5 Å². The molecule has 4 heteroatoms. The summed E-state index contributed by atoms with van der Waals surface area (Å²) in [7, 11) is 3.19. The fraction of sp³-hybridized carbons (Fsp3) is 0.467. The van der Waals surface area contributed by atoms with E-state index < -0.39 is 6.10 Å². The first-order valence-corrected chi connectivity index (χ1v) is 6.36. The summed E-state index contributed by atoms with van der Waals surface area (Å²) >= 11 is 0. The maximum absolute atomic E-state index is 10.2. The maximum Gasteiger partial charge on any atom is 0.124 e. The summed E-state index contributed by atoms with van der Waals surface area (Å²) < 4.78 is 10.4. The van der Waals surface area contributed by atoms with Crippen molar-refractivity contribution in [2.75, 3.05) is 20.8 Å². The van der Waals surface area contributed by atoms with Crippen LogP contribution in [0.3, 0.4) is 0 Å². The molecule has 0 aliphatic carbocycles. The average Bonchev–Trinajstić information content (AvgIpc) is 2.44. The van der Waals surface area contributed by atoms with Gasteiger partial charge in [-0.15, -0.1) is 6.58 Å². The van der Waals surface area contributed by atoms with E-state index in [0.29, 0.717) is 18.0 Å². The highest BCUT2D eigenvalue weighted by atomic mass is 16.5. The molecule has 1 aromatic carbocycles. The van der Waals surface area contributed by atoms with Crippen LogP contribution in [0.2, 0.25) is 0 Å². The third-order valence-electron chi connectivity index (χ3n) is 2.98. The molecule has 19 heavy (non-hydrogen) atoms. The van der Waals surface area contributed by atoms with E-state index in [1.54, 1.807) is 26.4 Å². The van der Waals surface area contributed by atoms with Gasteiger partial charge in [-0.25, -0.2) is 0 Å². The van der Waals surface area contributed by atoms with Crippen molar-refractivity contribution in [3.63, 3.8) is 0 Å². The van der Waals surface area contributed by atoms with Crippen molar-refractivity contribution in [2.24, 2.45) is 0 Å². The quantitative estimate of drug-likeness (QED) is 0.708. The van der Waals surface area contributed by atoms with Crippen LogP contribution in [0, 0.1) is 0 Å². The van der Waals surface area contributed by atoms with Gasteiger partial charge < -0.3 is 19.9 Å². The van der Waals surface area contributed by atoms with Crippen LogP contribution in [0.4, 0.5) is 0 Å². The summed E-state index contributed by atoms with van der Waals surface area (Å²) in [6, 6.07) is 5.68. The second-order valence-corrected chi connectivity index (χ2v) is 4.46. The van der Waals surface area contributed by atoms with Gasteiger partial charge in [0.25, 0.3) is 0 Å². The number of ether oxygens (including phenoxy) is 2. The number of nitrogens with one attached hydrogen (secondary N) is 1. The fourth-order valence-electron chi connectivity index (χ4n) is 1.86. The fourth-order valence-corrected chi connectivity index (χ4v) is 1.86. The Bertz CT molecular complexity index is 406. The Morgan fingerprint density at radius 1 is 1.37 bits per heavy atom. The number of methoxy groups -OCH3 is 2. The predicted molar refractivity (Wildman–Crippen MR) is 76.8 cm³/mol. The third kappa shape index (κ3) is 4.58. The van der Waals surface area contributed by atoms with Crippen LogP contribution in [0.15, 0.2) is 30.9 Å². The van der Waals surface area contributed by atoms with Gasteiger partial charge in [0.2, 0.25) is 0 Å². The molecule has 0 aliphatic rings. The first-order chi connectivity index (χ1) is 9.12. The van der Waals surface area contributed by atoms with E-state index in [9.17, 15) is 5.11 Å². The lowest BCUT2D eigenvalue weighted by Crippen LogP contribution is -2.30. The summed E-state index contributed by atoms with van der Waals surface area (Å²) in [5, 5.41) is 13.5. The standard InChI is InChI=1S/C15H23NO3/c1-5-6-11(2)16-10-14(17)13-9-12(18-3)7-8-15(13)19-4/h5,7-9,11,14,16-17H,1,6,10H2,2-4H3. The molecule has 1 aromatic rings. The molecule has 0 aliphatic heterocycles. The zero-order valence-corrected chi connectivity index (χ0v) is 11.8. The zero-order valence-electron chi connectivity index (χ0n) is 11.8. The van der Waals surface area contributed by atoms with Gasteiger partial charge in [-0.3, -0.25) is 0 Å². The molecule has 2 atom stereocenters. The molecule has 0 spiro atoms. The van der Waals surface area contributed by atoms with Gasteiger partial charge in [-0.1, -0.05) is 6.08 Å². The zero-order chi connectivity index (χ0) is 14.3. The SMILES string of the molecule is C=CCC(C)NCC(O)c1cc(OC)ccc1OC. The largest absolute Gasteiger partial charge is 0.497 e. The molecule has 1 rings (SSSR count). The predicted octanol–water partition coefficient (Wildman–Crippen LogP) is 2.29. The summed E-state index contributed by atoms with van der Waals surface area (Å²) in [4.78, 5) is 0. The molecule has 106 valence electrons. The van der Waals surface area contributed by atoms with E-state index in [1.165, 1.54) is 0 Å². The van der Waals surface area contributed by atoms with Crippen molar-refractivity contribution >= 4 is 0 Å². The molecule has 0 heterocycles. The number of aliphatic hydroxyl groups excluding tert-OH is 1. The molecular weight excluding hydrogens is 242 g/mol. The van der Waals surface area contributed by atoms with E-state index >= 15 is 0 Å². The van der Waals surface area contributed by atoms with Crippen molar-refractivity contribution < 1.29 is 14.6 Å². The second kappa shape index (κ2) is 7.81. The molecule has 0 bridgehead atoms. The highest BCUT2D eigenvalue weighted by molar-refractivity contribution is 5.41. The molecular formula is C15H23NO3. The molecule has 4 nitrogen and oxygen atoms in total. The minimum absolute atomic E-state index is 0.281. The molecule has 0 saturated heterocycles. The highest BCUT2D eigenvalue weighted by Crippen LogP contribution is 2.29. The topological polar surface area (TPSA) is 50.7 Å². The molecule has 0 amide bonds. The van der Waals surface area contributed by atoms with Gasteiger partial charge in [0, 0.05) is 18.2 Å². The van der Waals surface area contributed by atoms with Crippen LogP contribution < -0.4 is 14.8 Å². The van der Waals surface area contributed by atoms with Crippen molar-refractivity contribution in [3.05, 3.63) is 36.4 Å². The van der Waals surface area contributed by atoms with E-state index in [4.69, 9.17) is 9.47 Å². The summed E-state index contributed by atoms with van der Waals surface area (Å²) in [5.41, 5.74) is 0.722.